The van der Waals surface area contributed by atoms with Gasteiger partial charge < -0.3 is 0 Å². The standard InChI is InChI=1S/C9H16I2N2/c10-12-6-2-1-4-8(12)9-5-3-7-13(9)11/h8-9H,1-7H2. The molecule has 13 heavy (non-hydrogen) atoms. The van der Waals surface area contributed by atoms with Crippen LogP contribution in [0.4, 0.5) is 0 Å². The third-order valence-corrected chi connectivity index (χ3v) is 5.55. The number of piperidine rings is 1. The van der Waals surface area contributed by atoms with Crippen LogP contribution in [0.15, 0.2) is 0 Å². The second kappa shape index (κ2) is 4.94. The number of hydrogen-bond acceptors (Lipinski definition) is 2. The highest BCUT2D eigenvalue weighted by atomic mass is 127. The van der Waals surface area contributed by atoms with Crippen LogP contribution in [0.1, 0.15) is 32.1 Å². The van der Waals surface area contributed by atoms with E-state index in [1.165, 1.54) is 45.2 Å². The Morgan fingerprint density at radius 1 is 0.769 bits per heavy atom. The zero-order valence-corrected chi connectivity index (χ0v) is 12.1. The summed E-state index contributed by atoms with van der Waals surface area (Å²) < 4.78 is 5.07. The third-order valence-electron chi connectivity index (χ3n) is 3.16. The molecule has 2 nitrogen and oxygen atoms in total. The lowest BCUT2D eigenvalue weighted by atomic mass is 9.97. The second-order valence-corrected chi connectivity index (χ2v) is 6.50. The van der Waals surface area contributed by atoms with Gasteiger partial charge in [-0.05, 0) is 25.7 Å². The summed E-state index contributed by atoms with van der Waals surface area (Å²) in [5, 5.41) is 0. The van der Waals surface area contributed by atoms with Crippen LogP contribution >= 0.6 is 45.7 Å². The van der Waals surface area contributed by atoms with Crippen molar-refractivity contribution in [2.75, 3.05) is 13.1 Å². The first-order valence-electron chi connectivity index (χ1n) is 5.14. The van der Waals surface area contributed by atoms with E-state index in [1.807, 2.05) is 0 Å². The van der Waals surface area contributed by atoms with E-state index in [1.54, 1.807) is 0 Å². The Labute approximate surface area is 108 Å². The lowest BCUT2D eigenvalue weighted by Crippen LogP contribution is -2.44. The minimum absolute atomic E-state index is 0.828. The van der Waals surface area contributed by atoms with Crippen LogP contribution in [0.5, 0.6) is 0 Å². The zero-order valence-electron chi connectivity index (χ0n) is 7.75. The Kier molecular flexibility index (Phi) is 4.13. The lowest BCUT2D eigenvalue weighted by Gasteiger charge is -2.36. The van der Waals surface area contributed by atoms with Crippen molar-refractivity contribution in [1.82, 2.24) is 6.23 Å². The second-order valence-electron chi connectivity index (χ2n) is 4.02. The summed E-state index contributed by atoms with van der Waals surface area (Å²) in [5.74, 6) is 0. The van der Waals surface area contributed by atoms with Crippen molar-refractivity contribution < 1.29 is 0 Å². The van der Waals surface area contributed by atoms with E-state index in [0.29, 0.717) is 0 Å². The van der Waals surface area contributed by atoms with Crippen molar-refractivity contribution in [3.8, 4) is 0 Å². The van der Waals surface area contributed by atoms with Gasteiger partial charge in [0.25, 0.3) is 0 Å². The molecule has 0 aromatic carbocycles. The molecule has 0 amide bonds. The van der Waals surface area contributed by atoms with E-state index in [-0.39, 0.29) is 0 Å². The van der Waals surface area contributed by atoms with E-state index < -0.39 is 0 Å². The molecule has 2 fully saturated rings. The summed E-state index contributed by atoms with van der Waals surface area (Å²) >= 11 is 5.03. The fourth-order valence-corrected chi connectivity index (χ4v) is 4.42. The Balaban J connectivity index is 1.97. The quantitative estimate of drug-likeness (QED) is 0.488. The molecule has 0 aromatic heterocycles. The summed E-state index contributed by atoms with van der Waals surface area (Å²) in [6.45, 7) is 2.60. The molecule has 0 radical (unpaired) electrons. The van der Waals surface area contributed by atoms with Gasteiger partial charge in [0.2, 0.25) is 0 Å². The van der Waals surface area contributed by atoms with E-state index in [4.69, 9.17) is 0 Å². The summed E-state index contributed by atoms with van der Waals surface area (Å²) in [6, 6.07) is 1.66. The highest BCUT2D eigenvalue weighted by Crippen LogP contribution is 2.32. The van der Waals surface area contributed by atoms with Gasteiger partial charge in [-0.15, -0.1) is 0 Å². The molecule has 4 heteroatoms. The SMILES string of the molecule is IN1CCCCC1C1CCCN1I. The van der Waals surface area contributed by atoms with Crippen LogP contribution in [0.3, 0.4) is 0 Å². The fraction of sp³-hybridized carbons (Fsp3) is 1.00. The van der Waals surface area contributed by atoms with Crippen molar-refractivity contribution in [3.63, 3.8) is 0 Å². The molecule has 2 unspecified atom stereocenters. The highest BCUT2D eigenvalue weighted by Gasteiger charge is 2.34. The smallest absolute Gasteiger partial charge is 0.0358 e. The van der Waals surface area contributed by atoms with Gasteiger partial charge in [0.05, 0.1) is 0 Å². The van der Waals surface area contributed by atoms with Crippen molar-refractivity contribution in [2.45, 2.75) is 44.2 Å². The number of hydrogen-bond donors (Lipinski definition) is 0. The fourth-order valence-electron chi connectivity index (χ4n) is 2.44. The molecule has 2 aliphatic rings. The highest BCUT2D eigenvalue weighted by molar-refractivity contribution is 14.1. The van der Waals surface area contributed by atoms with Gasteiger partial charge in [-0.25, -0.2) is 6.23 Å². The van der Waals surface area contributed by atoms with Gasteiger partial charge in [0.15, 0.2) is 0 Å². The van der Waals surface area contributed by atoms with Gasteiger partial charge in [0.1, 0.15) is 0 Å². The van der Waals surface area contributed by atoms with E-state index in [9.17, 15) is 0 Å². The molecule has 0 spiro atoms. The third kappa shape index (κ3) is 2.49. The first-order valence-corrected chi connectivity index (χ1v) is 7.07. The largest absolute Gasteiger partial charge is 0.243 e. The molecule has 0 bridgehead atoms. The topological polar surface area (TPSA) is 6.48 Å². The van der Waals surface area contributed by atoms with Crippen LogP contribution in [0, 0.1) is 0 Å². The normalized spacial score (nSPS) is 38.3. The average molecular weight is 406 g/mol. The molecule has 2 rings (SSSR count). The lowest BCUT2D eigenvalue weighted by molar-refractivity contribution is 0.219. The number of rotatable bonds is 1. The molecule has 2 atom stereocenters. The minimum atomic E-state index is 0.828. The summed E-state index contributed by atoms with van der Waals surface area (Å²) in [5.41, 5.74) is 0. The van der Waals surface area contributed by atoms with Gasteiger partial charge in [-0.1, -0.05) is 6.42 Å². The molecule has 2 aliphatic heterocycles. The van der Waals surface area contributed by atoms with E-state index in [2.05, 4.69) is 52.0 Å². The molecule has 0 N–H and O–H groups in total. The van der Waals surface area contributed by atoms with Crippen LogP contribution in [-0.4, -0.2) is 31.4 Å². The maximum Gasteiger partial charge on any atom is 0.0358 e. The Morgan fingerprint density at radius 3 is 1.77 bits per heavy atom. The molecule has 2 saturated heterocycles. The Hall–Kier alpha value is 1.38. The Bertz CT molecular complexity index is 177. The Morgan fingerprint density at radius 2 is 1.31 bits per heavy atom. The van der Waals surface area contributed by atoms with Gasteiger partial charge in [0, 0.05) is 70.9 Å². The summed E-state index contributed by atoms with van der Waals surface area (Å²) in [7, 11) is 0. The number of halogens is 2. The van der Waals surface area contributed by atoms with Crippen molar-refractivity contribution in [1.29, 1.82) is 0 Å². The van der Waals surface area contributed by atoms with Crippen molar-refractivity contribution >= 4 is 45.7 Å². The average Bonchev–Trinajstić information content (AvgIpc) is 2.52. The van der Waals surface area contributed by atoms with E-state index in [0.717, 1.165) is 12.1 Å². The molecular weight excluding hydrogens is 390 g/mol. The molecular formula is C9H16I2N2. The molecule has 0 aromatic rings. The monoisotopic (exact) mass is 406 g/mol. The van der Waals surface area contributed by atoms with Crippen molar-refractivity contribution in [2.24, 2.45) is 0 Å². The van der Waals surface area contributed by atoms with E-state index >= 15 is 0 Å². The first-order chi connectivity index (χ1) is 6.29. The van der Waals surface area contributed by atoms with Crippen LogP contribution in [0.25, 0.3) is 0 Å². The van der Waals surface area contributed by atoms with Crippen LogP contribution < -0.4 is 0 Å². The van der Waals surface area contributed by atoms with Crippen LogP contribution in [-0.2, 0) is 0 Å². The van der Waals surface area contributed by atoms with Crippen LogP contribution in [0.2, 0.25) is 0 Å². The minimum Gasteiger partial charge on any atom is -0.243 e. The maximum atomic E-state index is 2.54. The van der Waals surface area contributed by atoms with Crippen molar-refractivity contribution in [3.05, 3.63) is 0 Å². The molecule has 2 heterocycles. The maximum absolute atomic E-state index is 2.54. The summed E-state index contributed by atoms with van der Waals surface area (Å²) in [4.78, 5) is 0. The number of nitrogens with zero attached hydrogens (tertiary/aromatic N) is 2. The predicted octanol–water partition coefficient (Wildman–Crippen LogP) is 3.01. The van der Waals surface area contributed by atoms with Gasteiger partial charge in [-0.3, -0.25) is 0 Å². The first kappa shape index (κ1) is 10.9. The molecule has 76 valence electrons. The molecule has 0 saturated carbocycles. The summed E-state index contributed by atoms with van der Waals surface area (Å²) in [6.07, 6.45) is 7.05. The predicted molar refractivity (Wildman–Crippen MR) is 72.1 cm³/mol. The van der Waals surface area contributed by atoms with Gasteiger partial charge >= 0.3 is 0 Å². The zero-order chi connectivity index (χ0) is 9.26. The molecule has 0 aliphatic carbocycles. The van der Waals surface area contributed by atoms with Gasteiger partial charge in [-0.2, -0.15) is 0 Å².